The molecule has 0 spiro atoms. The zero-order valence-electron chi connectivity index (χ0n) is 12.0. The molecular formula is C14H20N2O3S2. The highest BCUT2D eigenvalue weighted by Crippen LogP contribution is 2.24. The van der Waals surface area contributed by atoms with Crippen molar-refractivity contribution < 1.29 is 13.8 Å². The van der Waals surface area contributed by atoms with Gasteiger partial charge in [-0.3, -0.25) is 13.8 Å². The molecule has 2 rings (SSSR count). The maximum atomic E-state index is 12.3. The Balaban J connectivity index is 1.91. The lowest BCUT2D eigenvalue weighted by molar-refractivity contribution is -0.132. The predicted molar refractivity (Wildman–Crippen MR) is 84.2 cm³/mol. The lowest BCUT2D eigenvalue weighted by Gasteiger charge is -2.31. The van der Waals surface area contributed by atoms with Crippen LogP contribution in [0.2, 0.25) is 0 Å². The van der Waals surface area contributed by atoms with E-state index in [9.17, 15) is 13.8 Å². The molecule has 116 valence electrons. The van der Waals surface area contributed by atoms with E-state index in [-0.39, 0.29) is 28.7 Å². The highest BCUT2D eigenvalue weighted by molar-refractivity contribution is 7.86. The van der Waals surface area contributed by atoms with Gasteiger partial charge in [0.25, 0.3) is 0 Å². The van der Waals surface area contributed by atoms with Gasteiger partial charge >= 0.3 is 0 Å². The van der Waals surface area contributed by atoms with Gasteiger partial charge in [-0.25, -0.2) is 0 Å². The molecule has 0 unspecified atom stereocenters. The van der Waals surface area contributed by atoms with Gasteiger partial charge in [-0.05, 0) is 31.2 Å². The van der Waals surface area contributed by atoms with E-state index >= 15 is 0 Å². The third-order valence-electron chi connectivity index (χ3n) is 3.78. The second-order valence-corrected chi connectivity index (χ2v) is 8.00. The number of piperidine rings is 1. The second-order valence-electron chi connectivity index (χ2n) is 5.26. The van der Waals surface area contributed by atoms with Gasteiger partial charge in [-0.15, -0.1) is 11.3 Å². The van der Waals surface area contributed by atoms with Crippen molar-refractivity contribution in [1.82, 2.24) is 4.90 Å². The maximum Gasteiger partial charge on any atom is 0.235 e. The van der Waals surface area contributed by atoms with Gasteiger partial charge < -0.3 is 10.6 Å². The molecule has 1 saturated heterocycles. The zero-order chi connectivity index (χ0) is 15.4. The molecule has 3 atom stereocenters. The minimum atomic E-state index is -1.24. The zero-order valence-corrected chi connectivity index (χ0v) is 13.6. The molecule has 5 nitrogen and oxygen atoms in total. The number of carbonyl (C=O) groups is 2. The van der Waals surface area contributed by atoms with Gasteiger partial charge in [0.1, 0.15) is 5.75 Å². The Morgan fingerprint density at radius 1 is 1.57 bits per heavy atom. The Morgan fingerprint density at radius 3 is 2.95 bits per heavy atom. The molecular weight excluding hydrogens is 308 g/mol. The predicted octanol–water partition coefficient (Wildman–Crippen LogP) is 1.28. The summed E-state index contributed by atoms with van der Waals surface area (Å²) in [4.78, 5) is 26.1. The number of amides is 2. The number of likely N-dealkylation sites (tertiary alicyclic amines) is 1. The number of nitrogens with two attached hydrogens (primary N) is 1. The molecule has 1 aromatic heterocycles. The molecule has 0 aromatic carbocycles. The number of thiophene rings is 1. The van der Waals surface area contributed by atoms with E-state index in [4.69, 9.17) is 5.73 Å². The third-order valence-corrected chi connectivity index (χ3v) is 6.56. The molecule has 0 saturated carbocycles. The van der Waals surface area contributed by atoms with Crippen molar-refractivity contribution in [2.75, 3.05) is 18.8 Å². The molecule has 2 N–H and O–H groups in total. The van der Waals surface area contributed by atoms with Crippen LogP contribution in [0.1, 0.15) is 29.9 Å². The topological polar surface area (TPSA) is 80.5 Å². The Bertz CT molecular complexity index is 530. The van der Waals surface area contributed by atoms with E-state index in [0.717, 1.165) is 17.7 Å². The largest absolute Gasteiger partial charge is 0.369 e. The average Bonchev–Trinajstić information content (AvgIpc) is 3.00. The van der Waals surface area contributed by atoms with E-state index in [1.165, 1.54) is 0 Å². The third kappa shape index (κ3) is 4.14. The van der Waals surface area contributed by atoms with Crippen LogP contribution in [0, 0.1) is 5.92 Å². The van der Waals surface area contributed by atoms with E-state index < -0.39 is 10.8 Å². The number of rotatable bonds is 5. The van der Waals surface area contributed by atoms with Crippen LogP contribution in [-0.2, 0) is 20.4 Å². The molecule has 1 aliphatic heterocycles. The second kappa shape index (κ2) is 7.17. The number of primary amides is 1. The Morgan fingerprint density at radius 2 is 2.33 bits per heavy atom. The molecule has 0 bridgehead atoms. The summed E-state index contributed by atoms with van der Waals surface area (Å²) in [5.41, 5.74) is 5.31. The lowest BCUT2D eigenvalue weighted by atomic mass is 9.97. The van der Waals surface area contributed by atoms with Crippen LogP contribution in [0.25, 0.3) is 0 Å². The van der Waals surface area contributed by atoms with Gasteiger partial charge in [-0.1, -0.05) is 6.07 Å². The van der Waals surface area contributed by atoms with Crippen LogP contribution in [0.15, 0.2) is 17.5 Å². The van der Waals surface area contributed by atoms with Crippen LogP contribution in [0.3, 0.4) is 0 Å². The summed E-state index contributed by atoms with van der Waals surface area (Å²) in [6.45, 7) is 2.85. The van der Waals surface area contributed by atoms with Crippen molar-refractivity contribution in [2.24, 2.45) is 11.7 Å². The Kier molecular flexibility index (Phi) is 5.52. The molecule has 1 aliphatic rings. The normalized spacial score (nSPS) is 21.8. The van der Waals surface area contributed by atoms with Crippen LogP contribution in [0.4, 0.5) is 0 Å². The molecule has 21 heavy (non-hydrogen) atoms. The summed E-state index contributed by atoms with van der Waals surface area (Å²) in [6, 6.07) is 3.85. The fourth-order valence-corrected chi connectivity index (χ4v) is 4.59. The summed E-state index contributed by atoms with van der Waals surface area (Å²) in [6.07, 6.45) is 1.50. The first-order valence-electron chi connectivity index (χ1n) is 6.96. The molecule has 0 aliphatic carbocycles. The summed E-state index contributed by atoms with van der Waals surface area (Å²) >= 11 is 1.55. The molecule has 0 radical (unpaired) electrons. The number of hydrogen-bond acceptors (Lipinski definition) is 4. The molecule has 1 fully saturated rings. The van der Waals surface area contributed by atoms with Crippen molar-refractivity contribution in [3.63, 3.8) is 0 Å². The minimum absolute atomic E-state index is 0.00451. The fraction of sp³-hybridized carbons (Fsp3) is 0.571. The van der Waals surface area contributed by atoms with Crippen LogP contribution < -0.4 is 5.73 Å². The SMILES string of the molecule is C[C@H](c1cccs1)[S@](=O)CC(=O)N1CCC[C@H](C(N)=O)C1. The monoisotopic (exact) mass is 328 g/mol. The summed E-state index contributed by atoms with van der Waals surface area (Å²) < 4.78 is 12.3. The van der Waals surface area contributed by atoms with Crippen LogP contribution in [-0.4, -0.2) is 39.8 Å². The number of hydrogen-bond donors (Lipinski definition) is 1. The Labute approximate surface area is 131 Å². The average molecular weight is 328 g/mol. The van der Waals surface area contributed by atoms with E-state index in [1.807, 2.05) is 24.4 Å². The molecule has 2 amide bonds. The van der Waals surface area contributed by atoms with Crippen LogP contribution in [0.5, 0.6) is 0 Å². The summed E-state index contributed by atoms with van der Waals surface area (Å²) in [5, 5.41) is 1.79. The van der Waals surface area contributed by atoms with Crippen molar-refractivity contribution in [3.05, 3.63) is 22.4 Å². The number of carbonyl (C=O) groups excluding carboxylic acids is 2. The van der Waals surface area contributed by atoms with Gasteiger partial charge in [0.2, 0.25) is 11.8 Å². The van der Waals surface area contributed by atoms with E-state index in [1.54, 1.807) is 16.2 Å². The summed E-state index contributed by atoms with van der Waals surface area (Å²) in [5.74, 6) is -0.779. The highest BCUT2D eigenvalue weighted by Gasteiger charge is 2.28. The van der Waals surface area contributed by atoms with Crippen LogP contribution >= 0.6 is 11.3 Å². The van der Waals surface area contributed by atoms with E-state index in [0.29, 0.717) is 13.1 Å². The van der Waals surface area contributed by atoms with Gasteiger partial charge in [0.05, 0.1) is 11.2 Å². The van der Waals surface area contributed by atoms with Crippen molar-refractivity contribution in [2.45, 2.75) is 25.0 Å². The molecule has 7 heteroatoms. The van der Waals surface area contributed by atoms with Crippen molar-refractivity contribution >= 4 is 34.0 Å². The quantitative estimate of drug-likeness (QED) is 0.884. The first-order chi connectivity index (χ1) is 9.99. The van der Waals surface area contributed by atoms with Crippen molar-refractivity contribution in [1.29, 1.82) is 0 Å². The Hall–Kier alpha value is -1.21. The smallest absolute Gasteiger partial charge is 0.235 e. The summed E-state index contributed by atoms with van der Waals surface area (Å²) in [7, 11) is -1.24. The first-order valence-corrected chi connectivity index (χ1v) is 9.23. The van der Waals surface area contributed by atoms with Gasteiger partial charge in [0, 0.05) is 28.8 Å². The van der Waals surface area contributed by atoms with E-state index in [2.05, 4.69) is 0 Å². The van der Waals surface area contributed by atoms with Gasteiger partial charge in [0.15, 0.2) is 0 Å². The first kappa shape index (κ1) is 16.2. The highest BCUT2D eigenvalue weighted by atomic mass is 32.2. The maximum absolute atomic E-state index is 12.3. The fourth-order valence-electron chi connectivity index (χ4n) is 2.43. The van der Waals surface area contributed by atoms with Crippen molar-refractivity contribution in [3.8, 4) is 0 Å². The minimum Gasteiger partial charge on any atom is -0.369 e. The lowest BCUT2D eigenvalue weighted by Crippen LogP contribution is -2.45. The standard InChI is InChI=1S/C14H20N2O3S2/c1-10(12-5-3-7-20-12)21(19)9-13(17)16-6-2-4-11(8-16)14(15)18/h3,5,7,10-11H,2,4,6,8-9H2,1H3,(H2,15,18)/t10-,11+,21-/m1/s1. The molecule has 2 heterocycles. The molecule has 1 aromatic rings. The number of nitrogens with zero attached hydrogens (tertiary/aromatic N) is 1. The van der Waals surface area contributed by atoms with Gasteiger partial charge in [-0.2, -0.15) is 0 Å².